The van der Waals surface area contributed by atoms with Crippen LogP contribution >= 0.6 is 0 Å². The Morgan fingerprint density at radius 1 is 1.23 bits per heavy atom. The summed E-state index contributed by atoms with van der Waals surface area (Å²) in [6.07, 6.45) is 5.41. The Bertz CT molecular complexity index is 727. The number of aryl methyl sites for hydroxylation is 1. The Hall–Kier alpha value is -2.56. The van der Waals surface area contributed by atoms with Gasteiger partial charge in [-0.3, -0.25) is 4.79 Å². The number of carbonyl (C=O) groups excluding carboxylic acids is 1. The van der Waals surface area contributed by atoms with Crippen molar-refractivity contribution < 1.29 is 9.53 Å². The van der Waals surface area contributed by atoms with Crippen LogP contribution in [0.3, 0.4) is 0 Å². The summed E-state index contributed by atoms with van der Waals surface area (Å²) in [5.74, 6) is 1.93. The van der Waals surface area contributed by atoms with E-state index in [9.17, 15) is 4.79 Å². The summed E-state index contributed by atoms with van der Waals surface area (Å²) in [4.78, 5) is 19.0. The van der Waals surface area contributed by atoms with Gasteiger partial charge in [0.05, 0.1) is 6.61 Å². The molecule has 1 aromatic heterocycles. The third-order valence-electron chi connectivity index (χ3n) is 4.62. The van der Waals surface area contributed by atoms with Gasteiger partial charge < -0.3 is 15.0 Å². The predicted molar refractivity (Wildman–Crippen MR) is 103 cm³/mol. The molecule has 0 radical (unpaired) electrons. The molecule has 138 valence electrons. The monoisotopic (exact) mass is 353 g/mol. The van der Waals surface area contributed by atoms with E-state index in [4.69, 9.17) is 4.74 Å². The van der Waals surface area contributed by atoms with Crippen molar-refractivity contribution in [1.29, 1.82) is 0 Å². The fourth-order valence-electron chi connectivity index (χ4n) is 3.23. The highest BCUT2D eigenvalue weighted by atomic mass is 16.5. The van der Waals surface area contributed by atoms with Crippen LogP contribution in [0, 0.1) is 0 Å². The van der Waals surface area contributed by atoms with E-state index in [0.717, 1.165) is 35.8 Å². The number of amides is 1. The van der Waals surface area contributed by atoms with Gasteiger partial charge in [-0.25, -0.2) is 4.98 Å². The van der Waals surface area contributed by atoms with Crippen molar-refractivity contribution in [3.05, 3.63) is 53.7 Å². The number of pyridine rings is 1. The van der Waals surface area contributed by atoms with Gasteiger partial charge in [0.25, 0.3) is 0 Å². The fraction of sp³-hybridized carbons (Fsp3) is 0.429. The quantitative estimate of drug-likeness (QED) is 0.791. The zero-order valence-electron chi connectivity index (χ0n) is 15.4. The Balaban J connectivity index is 1.49. The molecule has 1 aromatic carbocycles. The minimum atomic E-state index is 0.0517. The SMILES string of the molecule is CCOc1ccccc1CCC(=O)NCc1ccnc(N2CCCC2)c1. The largest absolute Gasteiger partial charge is 0.494 e. The summed E-state index contributed by atoms with van der Waals surface area (Å²) in [6, 6.07) is 11.9. The lowest BCUT2D eigenvalue weighted by Crippen LogP contribution is -2.24. The number of ether oxygens (including phenoxy) is 1. The van der Waals surface area contributed by atoms with Crippen LogP contribution in [0.2, 0.25) is 0 Å². The van der Waals surface area contributed by atoms with Gasteiger partial charge in [-0.2, -0.15) is 0 Å². The third-order valence-corrected chi connectivity index (χ3v) is 4.62. The smallest absolute Gasteiger partial charge is 0.220 e. The average molecular weight is 353 g/mol. The maximum absolute atomic E-state index is 12.2. The Labute approximate surface area is 155 Å². The summed E-state index contributed by atoms with van der Waals surface area (Å²) in [5.41, 5.74) is 2.16. The highest BCUT2D eigenvalue weighted by Gasteiger charge is 2.13. The average Bonchev–Trinajstić information content (AvgIpc) is 3.21. The topological polar surface area (TPSA) is 54.5 Å². The number of aromatic nitrogens is 1. The summed E-state index contributed by atoms with van der Waals surface area (Å²) in [5, 5.41) is 3.01. The Morgan fingerprint density at radius 3 is 2.85 bits per heavy atom. The van der Waals surface area contributed by atoms with Gasteiger partial charge in [0.15, 0.2) is 0 Å². The molecule has 5 nitrogen and oxygen atoms in total. The molecule has 5 heteroatoms. The molecule has 0 spiro atoms. The molecule has 1 N–H and O–H groups in total. The van der Waals surface area contributed by atoms with Crippen LogP contribution in [-0.2, 0) is 17.8 Å². The molecule has 3 rings (SSSR count). The number of carbonyl (C=O) groups is 1. The van der Waals surface area contributed by atoms with Crippen LogP contribution in [-0.4, -0.2) is 30.6 Å². The van der Waals surface area contributed by atoms with E-state index in [2.05, 4.69) is 21.3 Å². The summed E-state index contributed by atoms with van der Waals surface area (Å²) >= 11 is 0. The molecule has 2 aromatic rings. The minimum absolute atomic E-state index is 0.0517. The van der Waals surface area contributed by atoms with Gasteiger partial charge in [-0.15, -0.1) is 0 Å². The van der Waals surface area contributed by atoms with Crippen molar-refractivity contribution in [2.45, 2.75) is 39.2 Å². The number of rotatable bonds is 8. The van der Waals surface area contributed by atoms with Crippen LogP contribution in [0.15, 0.2) is 42.6 Å². The molecule has 2 heterocycles. The molecule has 0 atom stereocenters. The first-order valence-corrected chi connectivity index (χ1v) is 9.43. The van der Waals surface area contributed by atoms with Crippen molar-refractivity contribution in [2.75, 3.05) is 24.6 Å². The van der Waals surface area contributed by atoms with Crippen LogP contribution in [0.4, 0.5) is 5.82 Å². The molecule has 0 saturated carbocycles. The molecule has 0 unspecified atom stereocenters. The summed E-state index contributed by atoms with van der Waals surface area (Å²) in [6.45, 7) is 5.28. The minimum Gasteiger partial charge on any atom is -0.494 e. The number of nitrogens with zero attached hydrogens (tertiary/aromatic N) is 2. The molecule has 1 fully saturated rings. The lowest BCUT2D eigenvalue weighted by atomic mass is 10.1. The molecule has 1 amide bonds. The van der Waals surface area contributed by atoms with Crippen LogP contribution in [0.1, 0.15) is 37.3 Å². The summed E-state index contributed by atoms with van der Waals surface area (Å²) < 4.78 is 5.62. The second kappa shape index (κ2) is 9.22. The van der Waals surface area contributed by atoms with Crippen LogP contribution in [0.25, 0.3) is 0 Å². The second-order valence-corrected chi connectivity index (χ2v) is 6.53. The lowest BCUT2D eigenvalue weighted by Gasteiger charge is -2.17. The Kier molecular flexibility index (Phi) is 6.47. The lowest BCUT2D eigenvalue weighted by molar-refractivity contribution is -0.121. The van der Waals surface area contributed by atoms with Gasteiger partial charge in [0.1, 0.15) is 11.6 Å². The second-order valence-electron chi connectivity index (χ2n) is 6.53. The number of para-hydroxylation sites is 1. The van der Waals surface area contributed by atoms with Crippen molar-refractivity contribution in [3.8, 4) is 5.75 Å². The van der Waals surface area contributed by atoms with Gasteiger partial charge in [0.2, 0.25) is 5.91 Å². The molecule has 1 aliphatic rings. The highest BCUT2D eigenvalue weighted by Crippen LogP contribution is 2.20. The van der Waals surface area contributed by atoms with Gasteiger partial charge in [-0.1, -0.05) is 18.2 Å². The van der Waals surface area contributed by atoms with Gasteiger partial charge in [0, 0.05) is 32.3 Å². The standard InChI is InChI=1S/C21H27N3O2/c1-2-26-19-8-4-3-7-18(19)9-10-21(25)23-16-17-11-12-22-20(15-17)24-13-5-6-14-24/h3-4,7-8,11-12,15H,2,5-6,9-10,13-14,16H2,1H3,(H,23,25). The molecule has 1 aliphatic heterocycles. The van der Waals surface area contributed by atoms with E-state index in [1.54, 1.807) is 0 Å². The molecule has 0 aliphatic carbocycles. The third kappa shape index (κ3) is 4.97. The molecule has 26 heavy (non-hydrogen) atoms. The molecular formula is C21H27N3O2. The number of benzene rings is 1. The van der Waals surface area contributed by atoms with Crippen molar-refractivity contribution >= 4 is 11.7 Å². The highest BCUT2D eigenvalue weighted by molar-refractivity contribution is 5.76. The fourth-order valence-corrected chi connectivity index (χ4v) is 3.23. The number of nitrogens with one attached hydrogen (secondary N) is 1. The number of anilines is 1. The zero-order chi connectivity index (χ0) is 18.2. The van der Waals surface area contributed by atoms with Crippen molar-refractivity contribution in [3.63, 3.8) is 0 Å². The van der Waals surface area contributed by atoms with E-state index in [0.29, 0.717) is 26.0 Å². The summed E-state index contributed by atoms with van der Waals surface area (Å²) in [7, 11) is 0. The Morgan fingerprint density at radius 2 is 2.04 bits per heavy atom. The molecule has 1 saturated heterocycles. The van der Waals surface area contributed by atoms with Crippen LogP contribution < -0.4 is 15.0 Å². The first-order valence-electron chi connectivity index (χ1n) is 9.43. The molecule has 0 bridgehead atoms. The van der Waals surface area contributed by atoms with Crippen LogP contribution in [0.5, 0.6) is 5.75 Å². The van der Waals surface area contributed by atoms with Crippen molar-refractivity contribution in [1.82, 2.24) is 10.3 Å². The maximum Gasteiger partial charge on any atom is 0.220 e. The number of hydrogen-bond donors (Lipinski definition) is 1. The first-order chi connectivity index (χ1) is 12.8. The maximum atomic E-state index is 12.2. The van der Waals surface area contributed by atoms with E-state index < -0.39 is 0 Å². The number of hydrogen-bond acceptors (Lipinski definition) is 4. The zero-order valence-corrected chi connectivity index (χ0v) is 15.4. The van der Waals surface area contributed by atoms with E-state index >= 15 is 0 Å². The van der Waals surface area contributed by atoms with Crippen molar-refractivity contribution in [2.24, 2.45) is 0 Å². The normalized spacial score (nSPS) is 13.7. The predicted octanol–water partition coefficient (Wildman–Crippen LogP) is 3.33. The van der Waals surface area contributed by atoms with Gasteiger partial charge in [-0.05, 0) is 55.5 Å². The van der Waals surface area contributed by atoms with Gasteiger partial charge >= 0.3 is 0 Å². The molecular weight excluding hydrogens is 326 g/mol. The van der Waals surface area contributed by atoms with E-state index in [-0.39, 0.29) is 5.91 Å². The first kappa shape index (κ1) is 18.2. The van der Waals surface area contributed by atoms with E-state index in [1.165, 1.54) is 12.8 Å². The van der Waals surface area contributed by atoms with E-state index in [1.807, 2.05) is 43.5 Å².